The van der Waals surface area contributed by atoms with Crippen molar-refractivity contribution in [1.82, 2.24) is 9.88 Å². The Morgan fingerprint density at radius 3 is 2.70 bits per heavy atom. The molecular weight excluding hydrogens is 483 g/mol. The van der Waals surface area contributed by atoms with Gasteiger partial charge in [0.15, 0.2) is 0 Å². The first-order valence-corrected chi connectivity index (χ1v) is 13.8. The van der Waals surface area contributed by atoms with Gasteiger partial charge in [-0.25, -0.2) is 4.98 Å². The van der Waals surface area contributed by atoms with Crippen molar-refractivity contribution in [2.45, 2.75) is 77.2 Å². The summed E-state index contributed by atoms with van der Waals surface area (Å²) in [7, 11) is 1.75. The van der Waals surface area contributed by atoms with Gasteiger partial charge in [0.05, 0.1) is 35.8 Å². The standard InChI is InChI=1S/C28H40F3N3O3/c1-17(2)27(8-5-19(13-27)11-20-7-10-37-16-24(20)36-4)26(35)34-15-22-18(3)23(34)14-33(22)25-12-21(6-9-32-25)28(29,30)31/h6,9,12,17-20,22-24H,5,7-8,10-11,13-16H2,1-4H3/t18?,19-,20+,22-,23-,24+,27-/m0/s1. The van der Waals surface area contributed by atoms with Gasteiger partial charge in [0.1, 0.15) is 5.82 Å². The number of pyridine rings is 1. The number of fused-ring (bicyclic) bond motifs is 2. The third-order valence-electron chi connectivity index (χ3n) is 9.97. The number of hydrogen-bond donors (Lipinski definition) is 0. The summed E-state index contributed by atoms with van der Waals surface area (Å²) in [5.41, 5.74) is -1.06. The second-order valence-electron chi connectivity index (χ2n) is 12.1. The number of amides is 1. The summed E-state index contributed by atoms with van der Waals surface area (Å²) in [4.78, 5) is 22.5. The van der Waals surface area contributed by atoms with E-state index < -0.39 is 11.7 Å². The van der Waals surface area contributed by atoms with Gasteiger partial charge in [0, 0.05) is 38.9 Å². The Bertz CT molecular complexity index is 989. The maximum atomic E-state index is 14.2. The van der Waals surface area contributed by atoms with Crippen molar-refractivity contribution in [2.75, 3.05) is 38.3 Å². The normalized spacial score (nSPS) is 36.1. The largest absolute Gasteiger partial charge is 0.416 e. The molecule has 1 aliphatic carbocycles. The molecule has 7 atom stereocenters. The fraction of sp³-hybridized carbons (Fsp3) is 0.786. The van der Waals surface area contributed by atoms with Crippen LogP contribution in [0.2, 0.25) is 0 Å². The van der Waals surface area contributed by atoms with Crippen LogP contribution in [0.25, 0.3) is 0 Å². The highest BCUT2D eigenvalue weighted by atomic mass is 19.4. The van der Waals surface area contributed by atoms with Crippen LogP contribution in [0.4, 0.5) is 19.0 Å². The maximum absolute atomic E-state index is 14.2. The first-order chi connectivity index (χ1) is 17.5. The second-order valence-corrected chi connectivity index (χ2v) is 12.1. The molecule has 0 N–H and O–H groups in total. The molecule has 9 heteroatoms. The number of carbonyl (C=O) groups excluding carboxylic acids is 1. The molecule has 6 nitrogen and oxygen atoms in total. The van der Waals surface area contributed by atoms with Gasteiger partial charge in [0.2, 0.25) is 5.91 Å². The first kappa shape index (κ1) is 26.7. The van der Waals surface area contributed by atoms with E-state index in [2.05, 4.69) is 30.7 Å². The number of anilines is 1. The summed E-state index contributed by atoms with van der Waals surface area (Å²) in [5.74, 6) is 1.98. The van der Waals surface area contributed by atoms with Gasteiger partial charge in [-0.2, -0.15) is 13.2 Å². The first-order valence-electron chi connectivity index (χ1n) is 13.8. The zero-order valence-electron chi connectivity index (χ0n) is 22.3. The van der Waals surface area contributed by atoms with E-state index in [1.165, 1.54) is 6.20 Å². The van der Waals surface area contributed by atoms with Crippen LogP contribution in [0.1, 0.15) is 58.4 Å². The Kier molecular flexibility index (Phi) is 7.24. The van der Waals surface area contributed by atoms with Gasteiger partial charge in [-0.1, -0.05) is 20.8 Å². The smallest absolute Gasteiger partial charge is 0.379 e. The van der Waals surface area contributed by atoms with E-state index in [1.54, 1.807) is 7.11 Å². The highest BCUT2D eigenvalue weighted by Gasteiger charge is 2.57. The molecule has 1 unspecified atom stereocenters. The molecule has 4 fully saturated rings. The van der Waals surface area contributed by atoms with Gasteiger partial charge in [0.25, 0.3) is 0 Å². The number of alkyl halides is 3. The van der Waals surface area contributed by atoms with E-state index >= 15 is 0 Å². The topological polar surface area (TPSA) is 54.9 Å². The number of carbonyl (C=O) groups is 1. The Labute approximate surface area is 217 Å². The summed E-state index contributed by atoms with van der Waals surface area (Å²) in [6.45, 7) is 8.96. The van der Waals surface area contributed by atoms with Crippen LogP contribution in [-0.4, -0.2) is 67.4 Å². The lowest BCUT2D eigenvalue weighted by Crippen LogP contribution is -2.54. The van der Waals surface area contributed by atoms with Crippen molar-refractivity contribution >= 4 is 11.7 Å². The molecule has 2 bridgehead atoms. The van der Waals surface area contributed by atoms with Gasteiger partial charge in [-0.15, -0.1) is 0 Å². The van der Waals surface area contributed by atoms with Gasteiger partial charge >= 0.3 is 6.18 Å². The van der Waals surface area contributed by atoms with Crippen molar-refractivity contribution in [2.24, 2.45) is 29.1 Å². The van der Waals surface area contributed by atoms with Crippen LogP contribution in [0, 0.1) is 29.1 Å². The van der Waals surface area contributed by atoms with E-state index in [9.17, 15) is 18.0 Å². The Balaban J connectivity index is 1.29. The minimum atomic E-state index is -4.40. The van der Waals surface area contributed by atoms with Crippen molar-refractivity contribution in [3.05, 3.63) is 23.9 Å². The van der Waals surface area contributed by atoms with Crippen molar-refractivity contribution in [3.8, 4) is 0 Å². The minimum Gasteiger partial charge on any atom is -0.379 e. The third kappa shape index (κ3) is 4.75. The number of likely N-dealkylation sites (tertiary alicyclic amines) is 1. The number of ether oxygens (including phenoxy) is 2. The highest BCUT2D eigenvalue weighted by Crippen LogP contribution is 2.52. The molecule has 4 heterocycles. The number of nitrogens with zero attached hydrogens (tertiary/aromatic N) is 3. The van der Waals surface area contributed by atoms with Gasteiger partial charge < -0.3 is 19.3 Å². The van der Waals surface area contributed by atoms with Crippen molar-refractivity contribution in [1.29, 1.82) is 0 Å². The zero-order valence-corrected chi connectivity index (χ0v) is 22.3. The number of rotatable bonds is 6. The molecule has 37 heavy (non-hydrogen) atoms. The van der Waals surface area contributed by atoms with Gasteiger partial charge in [-0.05, 0) is 62.0 Å². The van der Waals surface area contributed by atoms with E-state index in [4.69, 9.17) is 9.47 Å². The summed E-state index contributed by atoms with van der Waals surface area (Å²) < 4.78 is 51.2. The van der Waals surface area contributed by atoms with Crippen molar-refractivity contribution in [3.63, 3.8) is 0 Å². The molecule has 0 aromatic carbocycles. The minimum absolute atomic E-state index is 0.00289. The second kappa shape index (κ2) is 10.0. The SMILES string of the molecule is CO[C@@H]1COCC[C@@H]1C[C@@H]1CC[C@@](C(=O)N2C[C@H]3C(C)[C@@H]2CN3c2cc(C(F)(F)F)ccn2)(C(C)C)C1. The Morgan fingerprint density at radius 1 is 1.27 bits per heavy atom. The summed E-state index contributed by atoms with van der Waals surface area (Å²) in [6.07, 6.45) is 1.89. The monoisotopic (exact) mass is 523 g/mol. The summed E-state index contributed by atoms with van der Waals surface area (Å²) >= 11 is 0. The molecule has 206 valence electrons. The summed E-state index contributed by atoms with van der Waals surface area (Å²) in [5, 5.41) is 0. The van der Waals surface area contributed by atoms with Crippen molar-refractivity contribution < 1.29 is 27.4 Å². The molecule has 5 rings (SSSR count). The van der Waals surface area contributed by atoms with Crippen LogP contribution < -0.4 is 4.90 Å². The Hall–Kier alpha value is -1.87. The molecule has 0 radical (unpaired) electrons. The molecule has 0 spiro atoms. The number of methoxy groups -OCH3 is 1. The van der Waals surface area contributed by atoms with E-state index in [0.717, 1.165) is 50.8 Å². The molecule has 1 saturated carbocycles. The molecule has 1 aromatic heterocycles. The van der Waals surface area contributed by atoms with Crippen LogP contribution in [0.3, 0.4) is 0 Å². The fourth-order valence-corrected chi connectivity index (χ4v) is 7.62. The fourth-order valence-electron chi connectivity index (χ4n) is 7.62. The lowest BCUT2D eigenvalue weighted by molar-refractivity contribution is -0.146. The predicted octanol–water partition coefficient (Wildman–Crippen LogP) is 5.02. The number of halogens is 3. The Morgan fingerprint density at radius 2 is 2.05 bits per heavy atom. The van der Waals surface area contributed by atoms with Crippen LogP contribution in [0.15, 0.2) is 18.3 Å². The number of hydrogen-bond acceptors (Lipinski definition) is 5. The molecular formula is C28H40F3N3O3. The third-order valence-corrected chi connectivity index (χ3v) is 9.97. The van der Waals surface area contributed by atoms with Crippen LogP contribution in [0.5, 0.6) is 0 Å². The lowest BCUT2D eigenvalue weighted by atomic mass is 9.73. The average Bonchev–Trinajstić information content (AvgIpc) is 3.55. The number of piperazine rings is 1. The molecule has 1 aromatic rings. The molecule has 1 amide bonds. The zero-order chi connectivity index (χ0) is 26.5. The van der Waals surface area contributed by atoms with E-state index in [1.807, 2.05) is 4.90 Å². The number of aromatic nitrogens is 1. The van der Waals surface area contributed by atoms with Crippen LogP contribution in [-0.2, 0) is 20.4 Å². The maximum Gasteiger partial charge on any atom is 0.416 e. The predicted molar refractivity (Wildman–Crippen MR) is 134 cm³/mol. The molecule has 3 aliphatic heterocycles. The quantitative estimate of drug-likeness (QED) is 0.524. The summed E-state index contributed by atoms with van der Waals surface area (Å²) in [6, 6.07) is 2.13. The highest BCUT2D eigenvalue weighted by molar-refractivity contribution is 5.84. The van der Waals surface area contributed by atoms with Crippen LogP contribution >= 0.6 is 0 Å². The lowest BCUT2D eigenvalue weighted by Gasteiger charge is -2.42. The average molecular weight is 524 g/mol. The molecule has 4 aliphatic rings. The molecule has 3 saturated heterocycles. The van der Waals surface area contributed by atoms with Gasteiger partial charge in [-0.3, -0.25) is 4.79 Å². The van der Waals surface area contributed by atoms with E-state index in [-0.39, 0.29) is 41.3 Å². The van der Waals surface area contributed by atoms with E-state index in [0.29, 0.717) is 37.4 Å².